The first-order valence-electron chi connectivity index (χ1n) is 19.6. The summed E-state index contributed by atoms with van der Waals surface area (Å²) in [6.07, 6.45) is 47.9. The van der Waals surface area contributed by atoms with Crippen molar-refractivity contribution in [1.29, 1.82) is 0 Å². The van der Waals surface area contributed by atoms with Gasteiger partial charge in [0, 0.05) is 5.57 Å². The van der Waals surface area contributed by atoms with Gasteiger partial charge in [0.05, 0.1) is 6.61 Å². The third kappa shape index (κ3) is 33.7. The van der Waals surface area contributed by atoms with Crippen molar-refractivity contribution in [2.24, 2.45) is 0 Å². The van der Waals surface area contributed by atoms with Gasteiger partial charge in [-0.2, -0.15) is 0 Å². The second-order valence-electron chi connectivity index (χ2n) is 13.4. The summed E-state index contributed by atoms with van der Waals surface area (Å²) < 4.78 is 5.36. The van der Waals surface area contributed by atoms with E-state index in [9.17, 15) is 4.79 Å². The zero-order chi connectivity index (χ0) is 30.6. The molecule has 0 aliphatic rings. The molecule has 0 saturated carbocycles. The van der Waals surface area contributed by atoms with Crippen LogP contribution >= 0.6 is 0 Å². The number of hydrogen-bond acceptors (Lipinski definition) is 2. The van der Waals surface area contributed by atoms with Gasteiger partial charge in [0.1, 0.15) is 0 Å². The highest BCUT2D eigenvalue weighted by molar-refractivity contribution is 5.87. The number of esters is 1. The van der Waals surface area contributed by atoms with Crippen molar-refractivity contribution in [2.75, 3.05) is 6.61 Å². The lowest BCUT2D eigenvalue weighted by Gasteiger charge is -2.05. The average Bonchev–Trinajstić information content (AvgIpc) is 3.00. The van der Waals surface area contributed by atoms with Crippen molar-refractivity contribution in [3.8, 4) is 0 Å². The van der Waals surface area contributed by atoms with Gasteiger partial charge in [0.15, 0.2) is 0 Å². The first-order valence-corrected chi connectivity index (χ1v) is 19.6. The van der Waals surface area contributed by atoms with E-state index < -0.39 is 0 Å². The quantitative estimate of drug-likeness (QED) is 0.0417. The normalized spacial score (nSPS) is 11.8. The van der Waals surface area contributed by atoms with Crippen molar-refractivity contribution < 1.29 is 9.53 Å². The lowest BCUT2D eigenvalue weighted by molar-refractivity contribution is -0.139. The molecule has 0 rings (SSSR count). The van der Waals surface area contributed by atoms with Crippen LogP contribution in [0.15, 0.2) is 11.6 Å². The molecule has 0 saturated heterocycles. The summed E-state index contributed by atoms with van der Waals surface area (Å²) in [7, 11) is 0. The minimum atomic E-state index is -0.119. The second-order valence-corrected chi connectivity index (χ2v) is 13.4. The molecule has 0 heterocycles. The summed E-state index contributed by atoms with van der Waals surface area (Å²) in [4.78, 5) is 12.0. The number of allylic oxidation sites excluding steroid dienone is 1. The third-order valence-corrected chi connectivity index (χ3v) is 9.06. The van der Waals surface area contributed by atoms with E-state index in [2.05, 4.69) is 19.9 Å². The van der Waals surface area contributed by atoms with E-state index in [4.69, 9.17) is 4.74 Å². The van der Waals surface area contributed by atoms with E-state index >= 15 is 0 Å². The van der Waals surface area contributed by atoms with Gasteiger partial charge in [-0.25, -0.2) is 4.79 Å². The highest BCUT2D eigenvalue weighted by Crippen LogP contribution is 2.16. The van der Waals surface area contributed by atoms with Crippen molar-refractivity contribution in [3.63, 3.8) is 0 Å². The Kier molecular flexibility index (Phi) is 35.7. The topological polar surface area (TPSA) is 26.3 Å². The lowest BCUT2D eigenvalue weighted by atomic mass is 10.0. The zero-order valence-corrected chi connectivity index (χ0v) is 29.4. The number of ether oxygens (including phenoxy) is 1. The first kappa shape index (κ1) is 41.2. The van der Waals surface area contributed by atoms with Crippen molar-refractivity contribution in [2.45, 2.75) is 233 Å². The van der Waals surface area contributed by atoms with E-state index in [0.29, 0.717) is 6.61 Å². The maximum Gasteiger partial charge on any atom is 0.333 e. The number of carbonyl (C=O) groups is 1. The maximum absolute atomic E-state index is 12.0. The molecule has 0 N–H and O–H groups in total. The third-order valence-electron chi connectivity index (χ3n) is 9.06. The van der Waals surface area contributed by atoms with Crippen LogP contribution in [-0.4, -0.2) is 12.6 Å². The molecule has 0 aromatic carbocycles. The van der Waals surface area contributed by atoms with Crippen LogP contribution in [0, 0.1) is 0 Å². The predicted octanol–water partition coefficient (Wildman–Crippen LogP) is 14.4. The van der Waals surface area contributed by atoms with Crippen molar-refractivity contribution in [3.05, 3.63) is 11.6 Å². The van der Waals surface area contributed by atoms with Gasteiger partial charge in [-0.05, 0) is 26.2 Å². The lowest BCUT2D eigenvalue weighted by Crippen LogP contribution is -2.07. The van der Waals surface area contributed by atoms with Gasteiger partial charge in [-0.3, -0.25) is 0 Å². The highest BCUT2D eigenvalue weighted by Gasteiger charge is 2.04. The highest BCUT2D eigenvalue weighted by atomic mass is 16.5. The minimum absolute atomic E-state index is 0.119. The molecule has 0 fully saturated rings. The standard InChI is InChI=1S/C40H78O2/c1-4-6-8-10-11-12-13-14-15-16-17-18-19-20-21-22-23-24-25-26-27-28-29-30-31-32-33-34-35-37-39(3)40(41)42-38-36-9-7-5-2/h37H,4-36,38H2,1-3H3. The average molecular weight is 591 g/mol. The van der Waals surface area contributed by atoms with Crippen LogP contribution in [0.2, 0.25) is 0 Å². The van der Waals surface area contributed by atoms with Crippen LogP contribution in [0.5, 0.6) is 0 Å². The minimum Gasteiger partial charge on any atom is -0.462 e. The maximum atomic E-state index is 12.0. The van der Waals surface area contributed by atoms with Crippen LogP contribution in [0.4, 0.5) is 0 Å². The van der Waals surface area contributed by atoms with E-state index in [1.165, 1.54) is 193 Å². The predicted molar refractivity (Wildman–Crippen MR) is 188 cm³/mol. The van der Waals surface area contributed by atoms with Gasteiger partial charge in [0.2, 0.25) is 0 Å². The van der Waals surface area contributed by atoms with Crippen LogP contribution in [0.3, 0.4) is 0 Å². The number of rotatable bonds is 35. The Morgan fingerprint density at radius 2 is 0.667 bits per heavy atom. The van der Waals surface area contributed by atoms with Gasteiger partial charge >= 0.3 is 5.97 Å². The molecule has 0 bridgehead atoms. The summed E-state index contributed by atoms with van der Waals surface area (Å²) in [6.45, 7) is 6.97. The molecule has 0 radical (unpaired) electrons. The Balaban J connectivity index is 3.20. The van der Waals surface area contributed by atoms with E-state index in [1.807, 2.05) is 6.92 Å². The monoisotopic (exact) mass is 591 g/mol. The molecule has 0 aliphatic carbocycles. The van der Waals surface area contributed by atoms with Crippen molar-refractivity contribution in [1.82, 2.24) is 0 Å². The molecule has 0 amide bonds. The van der Waals surface area contributed by atoms with E-state index in [1.54, 1.807) is 0 Å². The van der Waals surface area contributed by atoms with Gasteiger partial charge in [-0.1, -0.05) is 213 Å². The van der Waals surface area contributed by atoms with E-state index in [0.717, 1.165) is 24.8 Å². The summed E-state index contributed by atoms with van der Waals surface area (Å²) in [5.41, 5.74) is 0.788. The number of unbranched alkanes of at least 4 members (excludes halogenated alkanes) is 31. The molecule has 0 atom stereocenters. The molecule has 0 unspecified atom stereocenters. The molecular weight excluding hydrogens is 512 g/mol. The largest absolute Gasteiger partial charge is 0.462 e. The number of carbonyl (C=O) groups excluding carboxylic acids is 1. The molecule has 0 aromatic rings. The molecule has 0 aliphatic heterocycles. The van der Waals surface area contributed by atoms with Crippen LogP contribution in [-0.2, 0) is 9.53 Å². The van der Waals surface area contributed by atoms with E-state index in [-0.39, 0.29) is 5.97 Å². The van der Waals surface area contributed by atoms with Crippen LogP contribution < -0.4 is 0 Å². The Hall–Kier alpha value is -0.790. The van der Waals surface area contributed by atoms with Crippen molar-refractivity contribution >= 4 is 5.97 Å². The smallest absolute Gasteiger partial charge is 0.333 e. The summed E-state index contributed by atoms with van der Waals surface area (Å²) in [6, 6.07) is 0. The molecule has 42 heavy (non-hydrogen) atoms. The SMILES string of the molecule is CCCCCCCCCCCCCCCCCCCCCCCCCCCCCCC=C(C)C(=O)OCCCCCC. The first-order chi connectivity index (χ1) is 20.7. The second kappa shape index (κ2) is 36.4. The van der Waals surface area contributed by atoms with Gasteiger partial charge < -0.3 is 4.74 Å². The summed E-state index contributed by atoms with van der Waals surface area (Å²) >= 11 is 0. The van der Waals surface area contributed by atoms with Gasteiger partial charge in [-0.15, -0.1) is 0 Å². The summed E-state index contributed by atoms with van der Waals surface area (Å²) in [5, 5.41) is 0. The van der Waals surface area contributed by atoms with Crippen LogP contribution in [0.25, 0.3) is 0 Å². The Morgan fingerprint density at radius 3 is 0.976 bits per heavy atom. The Morgan fingerprint density at radius 1 is 0.405 bits per heavy atom. The fraction of sp³-hybridized carbons (Fsp3) is 0.925. The fourth-order valence-electron chi connectivity index (χ4n) is 6.02. The summed E-state index contributed by atoms with van der Waals surface area (Å²) in [5.74, 6) is -0.119. The zero-order valence-electron chi connectivity index (χ0n) is 29.4. The molecular formula is C40H78O2. The Bertz CT molecular complexity index is 552. The molecule has 2 heteroatoms. The fourth-order valence-corrected chi connectivity index (χ4v) is 6.02. The molecule has 2 nitrogen and oxygen atoms in total. The molecule has 0 aromatic heterocycles. The Labute approximate surface area is 266 Å². The number of hydrogen-bond donors (Lipinski definition) is 0. The molecule has 250 valence electrons. The molecule has 0 spiro atoms. The van der Waals surface area contributed by atoms with Gasteiger partial charge in [0.25, 0.3) is 0 Å². The van der Waals surface area contributed by atoms with Crippen LogP contribution in [0.1, 0.15) is 233 Å².